The summed E-state index contributed by atoms with van der Waals surface area (Å²) in [7, 11) is 4.81. The van der Waals surface area contributed by atoms with Gasteiger partial charge < -0.3 is 22.1 Å². The molecular formula is C21H28N10O3. The van der Waals surface area contributed by atoms with Gasteiger partial charge >= 0.3 is 18.1 Å². The molecule has 0 saturated heterocycles. The standard InChI is InChI=1S/C21H28N10O3/c1-26(11-7-25-18(23)24)19(32)30-9-5-16(13-30)28(3)21(34)31-10-6-17(14-31)27(2)20(33)29-8-4-15(22)12-29/h4-6,8-10,12-14H,7,11,22H2,1-3H3,(H4,23,24,25). The molecule has 3 aromatic rings. The third kappa shape index (κ3) is 5.20. The molecule has 3 heterocycles. The average molecular weight is 469 g/mol. The lowest BCUT2D eigenvalue weighted by atomic mass is 10.5. The Balaban J connectivity index is 1.66. The molecule has 0 radical (unpaired) electrons. The first-order chi connectivity index (χ1) is 16.1. The van der Waals surface area contributed by atoms with Crippen molar-refractivity contribution in [3.05, 3.63) is 55.4 Å². The fourth-order valence-corrected chi connectivity index (χ4v) is 3.13. The number of aromatic nitrogens is 3. The van der Waals surface area contributed by atoms with Crippen LogP contribution in [0.1, 0.15) is 0 Å². The molecule has 13 nitrogen and oxygen atoms in total. The van der Waals surface area contributed by atoms with Crippen LogP contribution in [0.5, 0.6) is 0 Å². The number of guanidine groups is 1. The molecule has 0 saturated carbocycles. The zero-order valence-corrected chi connectivity index (χ0v) is 19.2. The normalized spacial score (nSPS) is 10.6. The van der Waals surface area contributed by atoms with Crippen LogP contribution < -0.4 is 27.0 Å². The number of likely N-dealkylation sites (N-methyl/N-ethyl adjacent to an activating group) is 1. The maximum absolute atomic E-state index is 13.0. The van der Waals surface area contributed by atoms with Crippen LogP contribution in [0.2, 0.25) is 0 Å². The Morgan fingerprint density at radius 2 is 1.26 bits per heavy atom. The number of rotatable bonds is 5. The maximum atomic E-state index is 13.0. The van der Waals surface area contributed by atoms with Crippen molar-refractivity contribution in [1.29, 1.82) is 0 Å². The van der Waals surface area contributed by atoms with E-state index in [2.05, 4.69) is 4.99 Å². The van der Waals surface area contributed by atoms with Gasteiger partial charge in [0.25, 0.3) is 0 Å². The van der Waals surface area contributed by atoms with Gasteiger partial charge in [0.15, 0.2) is 5.96 Å². The monoisotopic (exact) mass is 468 g/mol. The van der Waals surface area contributed by atoms with E-state index in [4.69, 9.17) is 17.2 Å². The van der Waals surface area contributed by atoms with Crippen molar-refractivity contribution in [3.63, 3.8) is 0 Å². The van der Waals surface area contributed by atoms with Gasteiger partial charge in [-0.2, -0.15) is 0 Å². The van der Waals surface area contributed by atoms with E-state index in [1.165, 1.54) is 34.6 Å². The first-order valence-corrected chi connectivity index (χ1v) is 10.2. The highest BCUT2D eigenvalue weighted by atomic mass is 16.2. The SMILES string of the molecule is CN(CCN=C(N)N)C(=O)n1ccc(N(C)C(=O)n2ccc(N(C)C(=O)n3ccc(N)c3)c2)c1. The van der Waals surface area contributed by atoms with Crippen molar-refractivity contribution >= 4 is 41.1 Å². The summed E-state index contributed by atoms with van der Waals surface area (Å²) >= 11 is 0. The second-order valence-corrected chi connectivity index (χ2v) is 7.60. The molecule has 0 bridgehead atoms. The van der Waals surface area contributed by atoms with Gasteiger partial charge in [0, 0.05) is 70.6 Å². The van der Waals surface area contributed by atoms with E-state index in [0.717, 1.165) is 0 Å². The predicted octanol–water partition coefficient (Wildman–Crippen LogP) is 1.06. The Labute approximate surface area is 196 Å². The maximum Gasteiger partial charge on any atom is 0.332 e. The number of anilines is 3. The lowest BCUT2D eigenvalue weighted by Gasteiger charge is -2.18. The van der Waals surface area contributed by atoms with Gasteiger partial charge in [-0.25, -0.2) is 14.4 Å². The van der Waals surface area contributed by atoms with Gasteiger partial charge in [-0.3, -0.25) is 28.5 Å². The van der Waals surface area contributed by atoms with Crippen molar-refractivity contribution in [2.45, 2.75) is 0 Å². The Kier molecular flexibility index (Phi) is 6.95. The summed E-state index contributed by atoms with van der Waals surface area (Å²) in [4.78, 5) is 46.2. The molecule has 0 unspecified atom stereocenters. The molecule has 0 aliphatic rings. The molecule has 0 atom stereocenters. The Morgan fingerprint density at radius 1 is 0.794 bits per heavy atom. The van der Waals surface area contributed by atoms with Crippen LogP contribution in [0.4, 0.5) is 31.4 Å². The molecule has 0 spiro atoms. The predicted molar refractivity (Wildman–Crippen MR) is 130 cm³/mol. The molecule has 180 valence electrons. The molecule has 0 aromatic carbocycles. The summed E-state index contributed by atoms with van der Waals surface area (Å²) in [6.45, 7) is 0.606. The largest absolute Gasteiger partial charge is 0.397 e. The van der Waals surface area contributed by atoms with Crippen LogP contribution in [0, 0.1) is 0 Å². The molecule has 3 rings (SSSR count). The summed E-state index contributed by atoms with van der Waals surface area (Å²) < 4.78 is 4.07. The van der Waals surface area contributed by atoms with Crippen molar-refractivity contribution in [2.24, 2.45) is 16.5 Å². The third-order valence-corrected chi connectivity index (χ3v) is 5.14. The van der Waals surface area contributed by atoms with E-state index in [0.29, 0.717) is 23.6 Å². The number of aliphatic imine (C=N–C) groups is 1. The van der Waals surface area contributed by atoms with E-state index in [1.54, 1.807) is 70.3 Å². The number of amides is 3. The summed E-state index contributed by atoms with van der Waals surface area (Å²) in [5.41, 5.74) is 17.8. The van der Waals surface area contributed by atoms with Gasteiger partial charge in [0.2, 0.25) is 0 Å². The quantitative estimate of drug-likeness (QED) is 0.374. The van der Waals surface area contributed by atoms with Gasteiger partial charge in [-0.15, -0.1) is 0 Å². The fourth-order valence-electron chi connectivity index (χ4n) is 3.13. The van der Waals surface area contributed by atoms with E-state index in [-0.39, 0.29) is 30.6 Å². The van der Waals surface area contributed by atoms with Crippen molar-refractivity contribution in [2.75, 3.05) is 49.8 Å². The number of hydrogen-bond acceptors (Lipinski definition) is 5. The number of carbonyl (C=O) groups is 3. The van der Waals surface area contributed by atoms with E-state index in [9.17, 15) is 14.4 Å². The minimum atomic E-state index is -0.372. The molecule has 3 amide bonds. The topological polar surface area (TPSA) is 166 Å². The highest BCUT2D eigenvalue weighted by Gasteiger charge is 2.19. The lowest BCUT2D eigenvalue weighted by molar-refractivity contribution is 0.212. The second-order valence-electron chi connectivity index (χ2n) is 7.60. The van der Waals surface area contributed by atoms with Gasteiger partial charge in [0.1, 0.15) is 0 Å². The van der Waals surface area contributed by atoms with Crippen LogP contribution in [0.15, 0.2) is 60.4 Å². The van der Waals surface area contributed by atoms with E-state index < -0.39 is 0 Å². The second kappa shape index (κ2) is 9.85. The van der Waals surface area contributed by atoms with E-state index in [1.807, 2.05) is 0 Å². The average Bonchev–Trinajstić information content (AvgIpc) is 3.56. The fraction of sp³-hybridized carbons (Fsp3) is 0.238. The molecule has 0 fully saturated rings. The van der Waals surface area contributed by atoms with Crippen LogP contribution >= 0.6 is 0 Å². The summed E-state index contributed by atoms with van der Waals surface area (Å²) in [6, 6.07) is 3.92. The van der Waals surface area contributed by atoms with Gasteiger partial charge in [0.05, 0.1) is 17.9 Å². The molecular weight excluding hydrogens is 440 g/mol. The lowest BCUT2D eigenvalue weighted by Crippen LogP contribution is -2.33. The summed E-state index contributed by atoms with van der Waals surface area (Å²) in [5.74, 6) is -0.0395. The molecule has 13 heteroatoms. The Hall–Kier alpha value is -4.68. The minimum Gasteiger partial charge on any atom is -0.397 e. The number of nitrogens with zero attached hydrogens (tertiary/aromatic N) is 7. The minimum absolute atomic E-state index is 0.0395. The summed E-state index contributed by atoms with van der Waals surface area (Å²) in [6.07, 6.45) is 9.29. The van der Waals surface area contributed by atoms with Crippen molar-refractivity contribution < 1.29 is 14.4 Å². The van der Waals surface area contributed by atoms with E-state index >= 15 is 0 Å². The van der Waals surface area contributed by atoms with Crippen LogP contribution in [-0.2, 0) is 0 Å². The van der Waals surface area contributed by atoms with Crippen LogP contribution in [0.3, 0.4) is 0 Å². The highest BCUT2D eigenvalue weighted by molar-refractivity contribution is 5.96. The Morgan fingerprint density at radius 3 is 1.74 bits per heavy atom. The zero-order valence-electron chi connectivity index (χ0n) is 19.2. The smallest absolute Gasteiger partial charge is 0.332 e. The first kappa shape index (κ1) is 24.0. The van der Waals surface area contributed by atoms with Crippen LogP contribution in [0.25, 0.3) is 0 Å². The molecule has 0 aliphatic heterocycles. The molecule has 6 N–H and O–H groups in total. The van der Waals surface area contributed by atoms with Gasteiger partial charge in [-0.1, -0.05) is 0 Å². The Bertz CT molecular complexity index is 1220. The highest BCUT2D eigenvalue weighted by Crippen LogP contribution is 2.19. The summed E-state index contributed by atoms with van der Waals surface area (Å²) in [5, 5.41) is 0. The zero-order chi connectivity index (χ0) is 25.0. The number of nitrogen functional groups attached to an aromatic ring is 1. The molecule has 0 aliphatic carbocycles. The van der Waals surface area contributed by atoms with Crippen LogP contribution in [-0.4, -0.2) is 76.9 Å². The number of hydrogen-bond donors (Lipinski definition) is 3. The number of nitrogens with two attached hydrogens (primary N) is 3. The molecule has 3 aromatic heterocycles. The molecule has 34 heavy (non-hydrogen) atoms. The van der Waals surface area contributed by atoms with Gasteiger partial charge in [-0.05, 0) is 18.2 Å². The first-order valence-electron chi connectivity index (χ1n) is 10.2. The number of carbonyl (C=O) groups excluding carboxylic acids is 3. The van der Waals surface area contributed by atoms with Crippen molar-refractivity contribution in [3.8, 4) is 0 Å². The third-order valence-electron chi connectivity index (χ3n) is 5.14. The van der Waals surface area contributed by atoms with Crippen molar-refractivity contribution in [1.82, 2.24) is 18.6 Å².